The average Bonchev–Trinajstić information content (AvgIpc) is 3.45. The second-order valence-electron chi connectivity index (χ2n) is 10.6. The number of likely N-dealkylation sites (tertiary alicyclic amines) is 1. The minimum Gasteiger partial charge on any atom is -0.504 e. The molecule has 2 aliphatic heterocycles. The number of aryl methyl sites for hydroxylation is 1. The zero-order valence-corrected chi connectivity index (χ0v) is 22.5. The number of hydrogen-bond acceptors (Lipinski definition) is 6. The fourth-order valence-electron chi connectivity index (χ4n) is 6.59. The van der Waals surface area contributed by atoms with Crippen LogP contribution >= 0.6 is 22.9 Å². The highest BCUT2D eigenvalue weighted by Crippen LogP contribution is 2.60. The number of rotatable bonds is 4. The number of methoxy groups -OCH3 is 1. The van der Waals surface area contributed by atoms with Gasteiger partial charge in [0.25, 0.3) is 0 Å². The summed E-state index contributed by atoms with van der Waals surface area (Å²) >= 11 is 6.95. The summed E-state index contributed by atoms with van der Waals surface area (Å²) in [6.07, 6.45) is 6.17. The molecule has 190 valence electrons. The maximum Gasteiger partial charge on any atom is 0.165 e. The van der Waals surface area contributed by atoms with Gasteiger partial charge < -0.3 is 19.7 Å². The van der Waals surface area contributed by atoms with Crippen LogP contribution in [0.5, 0.6) is 11.5 Å². The van der Waals surface area contributed by atoms with E-state index in [9.17, 15) is 5.11 Å². The molecule has 4 unspecified atom stereocenters. The lowest BCUT2D eigenvalue weighted by molar-refractivity contribution is -0.0616. The van der Waals surface area contributed by atoms with E-state index in [4.69, 9.17) is 26.2 Å². The molecular formula is C28H36ClNO4S. The molecule has 5 nitrogen and oxygen atoms in total. The van der Waals surface area contributed by atoms with Gasteiger partial charge in [-0.05, 0) is 81.8 Å². The topological polar surface area (TPSA) is 62.2 Å². The number of benzene rings is 1. The standard InChI is InChI=1S/C23H31NO3.C5H5ClOS/c1-13-5-8-18(25)21-19(13)23-9-10-24(12-16-6-7-16)15(3)17(23)11-14(2)20(26-4)22(23)27-21;6-5-2-1-4(3-7)8-5/h5,8,11,15-17,20,22,25H,6-7,9-10,12H2,1-4H3;1-2,7H,3H2/t15?,17?,20?,22-,23?;/m0./s1. The Hall–Kier alpha value is -1.57. The second-order valence-corrected chi connectivity index (χ2v) is 12.4. The Morgan fingerprint density at radius 2 is 2.00 bits per heavy atom. The number of thiophene rings is 1. The van der Waals surface area contributed by atoms with Crippen molar-refractivity contribution < 1.29 is 19.7 Å². The summed E-state index contributed by atoms with van der Waals surface area (Å²) in [6.45, 7) is 9.13. The Morgan fingerprint density at radius 3 is 2.60 bits per heavy atom. The summed E-state index contributed by atoms with van der Waals surface area (Å²) in [5.74, 6) is 2.23. The van der Waals surface area contributed by atoms with Crippen molar-refractivity contribution in [3.05, 3.63) is 56.3 Å². The summed E-state index contributed by atoms with van der Waals surface area (Å²) < 4.78 is 13.2. The zero-order valence-electron chi connectivity index (χ0n) is 21.0. The summed E-state index contributed by atoms with van der Waals surface area (Å²) in [5, 5.41) is 19.1. The highest BCUT2D eigenvalue weighted by Gasteiger charge is 2.63. The van der Waals surface area contributed by atoms with E-state index in [2.05, 4.69) is 31.7 Å². The summed E-state index contributed by atoms with van der Waals surface area (Å²) in [6, 6.07) is 7.86. The Kier molecular flexibility index (Phi) is 6.96. The number of hydrogen-bond donors (Lipinski definition) is 2. The van der Waals surface area contributed by atoms with E-state index in [1.54, 1.807) is 19.2 Å². The van der Waals surface area contributed by atoms with Crippen molar-refractivity contribution in [1.82, 2.24) is 4.90 Å². The van der Waals surface area contributed by atoms with Gasteiger partial charge in [-0.1, -0.05) is 23.7 Å². The minimum absolute atomic E-state index is 0.0605. The van der Waals surface area contributed by atoms with E-state index < -0.39 is 0 Å². The number of phenols is 1. The number of piperidine rings is 1. The maximum atomic E-state index is 10.6. The number of aromatic hydroxyl groups is 1. The molecule has 3 heterocycles. The van der Waals surface area contributed by atoms with Gasteiger partial charge in [0.15, 0.2) is 11.5 Å². The number of aliphatic hydroxyl groups excluding tert-OH is 1. The second kappa shape index (κ2) is 9.71. The average molecular weight is 518 g/mol. The van der Waals surface area contributed by atoms with Gasteiger partial charge in [0.05, 0.1) is 10.9 Å². The van der Waals surface area contributed by atoms with Crippen LogP contribution in [0.3, 0.4) is 0 Å². The molecule has 2 fully saturated rings. The first-order chi connectivity index (χ1) is 16.8. The molecule has 0 amide bonds. The molecule has 4 aliphatic rings. The van der Waals surface area contributed by atoms with E-state index in [1.165, 1.54) is 47.4 Å². The molecule has 1 aromatic heterocycles. The van der Waals surface area contributed by atoms with Crippen LogP contribution in [-0.4, -0.2) is 53.6 Å². The van der Waals surface area contributed by atoms with E-state index in [-0.39, 0.29) is 30.0 Å². The Balaban J connectivity index is 0.000000271. The van der Waals surface area contributed by atoms with Gasteiger partial charge in [-0.25, -0.2) is 0 Å². The fraction of sp³-hybridized carbons (Fsp3) is 0.571. The smallest absolute Gasteiger partial charge is 0.165 e. The summed E-state index contributed by atoms with van der Waals surface area (Å²) in [5.41, 5.74) is 3.59. The Bertz CT molecular complexity index is 1110. The quantitative estimate of drug-likeness (QED) is 0.510. The molecule has 1 aromatic carbocycles. The molecular weight excluding hydrogens is 482 g/mol. The zero-order chi connectivity index (χ0) is 24.9. The van der Waals surface area contributed by atoms with E-state index in [0.717, 1.165) is 28.1 Å². The van der Waals surface area contributed by atoms with Crippen molar-refractivity contribution in [2.75, 3.05) is 20.2 Å². The van der Waals surface area contributed by atoms with Crippen molar-refractivity contribution in [1.29, 1.82) is 0 Å². The lowest BCUT2D eigenvalue weighted by Crippen LogP contribution is -2.63. The first-order valence-electron chi connectivity index (χ1n) is 12.6. The van der Waals surface area contributed by atoms with Crippen molar-refractivity contribution in [3.63, 3.8) is 0 Å². The third-order valence-electron chi connectivity index (χ3n) is 8.46. The van der Waals surface area contributed by atoms with Gasteiger partial charge in [0.1, 0.15) is 12.2 Å². The number of nitrogens with zero attached hydrogens (tertiary/aromatic N) is 1. The normalized spacial score (nSPS) is 31.4. The van der Waals surface area contributed by atoms with Crippen LogP contribution in [0.2, 0.25) is 4.34 Å². The molecule has 5 atom stereocenters. The van der Waals surface area contributed by atoms with Gasteiger partial charge in [0.2, 0.25) is 0 Å². The molecule has 7 heteroatoms. The van der Waals surface area contributed by atoms with Crippen LogP contribution in [0.1, 0.15) is 49.1 Å². The number of fused-ring (bicyclic) bond motifs is 1. The number of halogens is 1. The highest BCUT2D eigenvalue weighted by atomic mass is 35.5. The van der Waals surface area contributed by atoms with Crippen LogP contribution in [0.25, 0.3) is 0 Å². The lowest BCUT2D eigenvalue weighted by atomic mass is 9.56. The van der Waals surface area contributed by atoms with Crippen LogP contribution in [-0.2, 0) is 16.8 Å². The third-order valence-corrected chi connectivity index (χ3v) is 9.68. The summed E-state index contributed by atoms with van der Waals surface area (Å²) in [7, 11) is 1.78. The SMILES string of the molecule is COC1C(C)=CC2C(C)N(CC3CC3)CCC23c2c(C)ccc(O)c2O[C@@H]13.OCc1ccc(Cl)s1. The van der Waals surface area contributed by atoms with Crippen LogP contribution in [0.15, 0.2) is 35.9 Å². The van der Waals surface area contributed by atoms with Gasteiger partial charge in [-0.2, -0.15) is 0 Å². The Labute approximate surface area is 217 Å². The molecule has 2 aromatic rings. The number of phenolic OH excluding ortho intramolecular Hbond substituents is 1. The predicted molar refractivity (Wildman–Crippen MR) is 141 cm³/mol. The van der Waals surface area contributed by atoms with Gasteiger partial charge >= 0.3 is 0 Å². The molecule has 0 bridgehead atoms. The lowest BCUT2D eigenvalue weighted by Gasteiger charge is -2.55. The van der Waals surface area contributed by atoms with Gasteiger partial charge in [-0.15, -0.1) is 11.3 Å². The molecule has 2 aliphatic carbocycles. The molecule has 0 radical (unpaired) electrons. The van der Waals surface area contributed by atoms with Crippen molar-refractivity contribution >= 4 is 22.9 Å². The first-order valence-corrected chi connectivity index (χ1v) is 13.8. The molecule has 6 rings (SSSR count). The predicted octanol–water partition coefficient (Wildman–Crippen LogP) is 5.69. The molecule has 1 saturated heterocycles. The van der Waals surface area contributed by atoms with Crippen molar-refractivity contribution in [2.24, 2.45) is 11.8 Å². The number of aliphatic hydroxyl groups is 1. The minimum atomic E-state index is -0.113. The summed E-state index contributed by atoms with van der Waals surface area (Å²) in [4.78, 5) is 3.60. The van der Waals surface area contributed by atoms with E-state index in [1.807, 2.05) is 12.1 Å². The molecule has 35 heavy (non-hydrogen) atoms. The maximum absolute atomic E-state index is 10.6. The third kappa shape index (κ3) is 4.31. The monoisotopic (exact) mass is 517 g/mol. The van der Waals surface area contributed by atoms with Crippen LogP contribution in [0, 0.1) is 18.8 Å². The Morgan fingerprint density at radius 1 is 1.23 bits per heavy atom. The van der Waals surface area contributed by atoms with Gasteiger partial charge in [0, 0.05) is 41.5 Å². The van der Waals surface area contributed by atoms with Crippen LogP contribution in [0.4, 0.5) is 0 Å². The molecule has 2 N–H and O–H groups in total. The first kappa shape index (κ1) is 25.1. The number of ether oxygens (including phenoxy) is 2. The van der Waals surface area contributed by atoms with Crippen molar-refractivity contribution in [3.8, 4) is 11.5 Å². The largest absolute Gasteiger partial charge is 0.504 e. The van der Waals surface area contributed by atoms with E-state index in [0.29, 0.717) is 17.7 Å². The van der Waals surface area contributed by atoms with Gasteiger partial charge in [-0.3, -0.25) is 4.90 Å². The molecule has 1 spiro atoms. The van der Waals surface area contributed by atoms with Crippen LogP contribution < -0.4 is 4.74 Å². The molecule has 1 saturated carbocycles. The highest BCUT2D eigenvalue weighted by molar-refractivity contribution is 7.16. The fourth-order valence-corrected chi connectivity index (χ4v) is 7.54. The van der Waals surface area contributed by atoms with E-state index >= 15 is 0 Å². The van der Waals surface area contributed by atoms with Crippen molar-refractivity contribution in [2.45, 2.75) is 70.3 Å².